The summed E-state index contributed by atoms with van der Waals surface area (Å²) in [7, 11) is 2.02. The Morgan fingerprint density at radius 3 is 2.64 bits per heavy atom. The van der Waals surface area contributed by atoms with Crippen LogP contribution in [0.5, 0.6) is 0 Å². The molecule has 1 rings (SSSR count). The quantitative estimate of drug-likeness (QED) is 0.578. The molecule has 1 aliphatic heterocycles. The Morgan fingerprint density at radius 2 is 2.09 bits per heavy atom. The van der Waals surface area contributed by atoms with Gasteiger partial charge in [0, 0.05) is 38.8 Å². The Kier molecular flexibility index (Phi) is 3.83. The molecule has 1 saturated heterocycles. The monoisotopic (exact) mass is 157 g/mol. The summed E-state index contributed by atoms with van der Waals surface area (Å²) < 4.78 is 0. The normalized spacial score (nSPS) is 23.5. The number of likely N-dealkylation sites (N-methyl/N-ethyl adjacent to an activating group) is 1. The number of rotatable bonds is 3. The molecule has 0 bridgehead atoms. The summed E-state index contributed by atoms with van der Waals surface area (Å²) in [5.74, 6) is 0. The molecule has 0 aliphatic carbocycles. The summed E-state index contributed by atoms with van der Waals surface area (Å²) in [5.41, 5.74) is 0. The summed E-state index contributed by atoms with van der Waals surface area (Å²) in [4.78, 5) is 2.50. The van der Waals surface area contributed by atoms with Crippen molar-refractivity contribution in [2.75, 3.05) is 39.8 Å². The van der Waals surface area contributed by atoms with E-state index >= 15 is 0 Å². The first-order valence-corrected chi connectivity index (χ1v) is 4.43. The minimum atomic E-state index is 0.619. The molecule has 0 aromatic rings. The Balaban J connectivity index is 2.13. The van der Waals surface area contributed by atoms with E-state index in [1.807, 2.05) is 7.05 Å². The lowest BCUT2D eigenvalue weighted by molar-refractivity contribution is 0.223. The summed E-state index contributed by atoms with van der Waals surface area (Å²) in [6.07, 6.45) is 0. The predicted molar refractivity (Wildman–Crippen MR) is 47.8 cm³/mol. The van der Waals surface area contributed by atoms with Crippen LogP contribution in [0.2, 0.25) is 0 Å². The van der Waals surface area contributed by atoms with Gasteiger partial charge >= 0.3 is 0 Å². The van der Waals surface area contributed by atoms with E-state index in [0.29, 0.717) is 6.04 Å². The molecule has 3 heteroatoms. The van der Waals surface area contributed by atoms with E-state index in [2.05, 4.69) is 22.5 Å². The molecule has 66 valence electrons. The number of nitrogens with zero attached hydrogens (tertiary/aromatic N) is 1. The molecule has 0 spiro atoms. The van der Waals surface area contributed by atoms with Crippen molar-refractivity contribution in [3.05, 3.63) is 0 Å². The van der Waals surface area contributed by atoms with Crippen LogP contribution in [0, 0.1) is 0 Å². The molecule has 0 saturated carbocycles. The Bertz CT molecular complexity index is 99.5. The molecule has 11 heavy (non-hydrogen) atoms. The smallest absolute Gasteiger partial charge is 0.0163 e. The summed E-state index contributed by atoms with van der Waals surface area (Å²) >= 11 is 0. The summed E-state index contributed by atoms with van der Waals surface area (Å²) in [6.45, 7) is 8.10. The van der Waals surface area contributed by atoms with E-state index in [-0.39, 0.29) is 0 Å². The number of piperazine rings is 1. The highest BCUT2D eigenvalue weighted by Crippen LogP contribution is 1.93. The highest BCUT2D eigenvalue weighted by molar-refractivity contribution is 4.71. The topological polar surface area (TPSA) is 27.3 Å². The van der Waals surface area contributed by atoms with Crippen molar-refractivity contribution in [3.8, 4) is 0 Å². The average Bonchev–Trinajstić information content (AvgIpc) is 2.06. The van der Waals surface area contributed by atoms with Crippen molar-refractivity contribution in [2.45, 2.75) is 13.0 Å². The number of hydrogen-bond acceptors (Lipinski definition) is 3. The maximum atomic E-state index is 3.34. The third kappa shape index (κ3) is 3.18. The molecule has 0 amide bonds. The molecule has 1 unspecified atom stereocenters. The SMILES string of the molecule is CNC(C)CN1CCNCC1. The van der Waals surface area contributed by atoms with Crippen molar-refractivity contribution in [2.24, 2.45) is 0 Å². The van der Waals surface area contributed by atoms with Crippen LogP contribution in [0.1, 0.15) is 6.92 Å². The zero-order chi connectivity index (χ0) is 8.10. The van der Waals surface area contributed by atoms with Crippen LogP contribution >= 0.6 is 0 Å². The molecular weight excluding hydrogens is 138 g/mol. The van der Waals surface area contributed by atoms with Gasteiger partial charge in [0.25, 0.3) is 0 Å². The highest BCUT2D eigenvalue weighted by atomic mass is 15.2. The van der Waals surface area contributed by atoms with Crippen LogP contribution in [0.3, 0.4) is 0 Å². The van der Waals surface area contributed by atoms with Gasteiger partial charge in [-0.25, -0.2) is 0 Å². The van der Waals surface area contributed by atoms with Crippen molar-refractivity contribution in [1.29, 1.82) is 0 Å². The van der Waals surface area contributed by atoms with Crippen LogP contribution in [0.15, 0.2) is 0 Å². The molecule has 0 radical (unpaired) electrons. The largest absolute Gasteiger partial charge is 0.316 e. The molecule has 0 aromatic heterocycles. The second kappa shape index (κ2) is 4.70. The molecule has 0 aromatic carbocycles. The third-order valence-electron chi connectivity index (χ3n) is 2.23. The van der Waals surface area contributed by atoms with Gasteiger partial charge in [-0.15, -0.1) is 0 Å². The summed E-state index contributed by atoms with van der Waals surface area (Å²) in [6, 6.07) is 0.619. The van der Waals surface area contributed by atoms with E-state index in [1.165, 1.54) is 19.6 Å². The third-order valence-corrected chi connectivity index (χ3v) is 2.23. The van der Waals surface area contributed by atoms with Gasteiger partial charge in [0.15, 0.2) is 0 Å². The molecule has 3 nitrogen and oxygen atoms in total. The van der Waals surface area contributed by atoms with Gasteiger partial charge in [0.1, 0.15) is 0 Å². The van der Waals surface area contributed by atoms with Crippen molar-refractivity contribution < 1.29 is 0 Å². The maximum Gasteiger partial charge on any atom is 0.0163 e. The van der Waals surface area contributed by atoms with Crippen LogP contribution in [-0.2, 0) is 0 Å². The van der Waals surface area contributed by atoms with E-state index in [0.717, 1.165) is 13.1 Å². The average molecular weight is 157 g/mol. The predicted octanol–water partition coefficient (Wildman–Crippen LogP) is -0.500. The van der Waals surface area contributed by atoms with Gasteiger partial charge in [-0.05, 0) is 14.0 Å². The van der Waals surface area contributed by atoms with Crippen molar-refractivity contribution in [3.63, 3.8) is 0 Å². The molecule has 1 aliphatic rings. The zero-order valence-corrected chi connectivity index (χ0v) is 7.56. The lowest BCUT2D eigenvalue weighted by Gasteiger charge is -2.29. The maximum absolute atomic E-state index is 3.34. The molecule has 1 fully saturated rings. The van der Waals surface area contributed by atoms with Gasteiger partial charge < -0.3 is 10.6 Å². The van der Waals surface area contributed by atoms with Crippen molar-refractivity contribution >= 4 is 0 Å². The van der Waals surface area contributed by atoms with Crippen LogP contribution in [0.4, 0.5) is 0 Å². The highest BCUT2D eigenvalue weighted by Gasteiger charge is 2.10. The lowest BCUT2D eigenvalue weighted by Crippen LogP contribution is -2.47. The van der Waals surface area contributed by atoms with E-state index < -0.39 is 0 Å². The van der Waals surface area contributed by atoms with E-state index in [9.17, 15) is 0 Å². The second-order valence-electron chi connectivity index (χ2n) is 3.24. The first-order valence-electron chi connectivity index (χ1n) is 4.43. The minimum absolute atomic E-state index is 0.619. The Labute approximate surface area is 69.1 Å². The zero-order valence-electron chi connectivity index (χ0n) is 7.56. The Morgan fingerprint density at radius 1 is 1.45 bits per heavy atom. The first kappa shape index (κ1) is 8.97. The molecule has 1 atom stereocenters. The second-order valence-corrected chi connectivity index (χ2v) is 3.24. The number of hydrogen-bond donors (Lipinski definition) is 2. The molecule has 1 heterocycles. The van der Waals surface area contributed by atoms with Gasteiger partial charge in [-0.2, -0.15) is 0 Å². The first-order chi connectivity index (χ1) is 5.33. The summed E-state index contributed by atoms with van der Waals surface area (Å²) in [5, 5.41) is 6.59. The lowest BCUT2D eigenvalue weighted by atomic mass is 10.3. The van der Waals surface area contributed by atoms with Gasteiger partial charge in [0.2, 0.25) is 0 Å². The minimum Gasteiger partial charge on any atom is -0.316 e. The molecular formula is C8H19N3. The van der Waals surface area contributed by atoms with Crippen molar-refractivity contribution in [1.82, 2.24) is 15.5 Å². The fourth-order valence-electron chi connectivity index (χ4n) is 1.37. The van der Waals surface area contributed by atoms with E-state index in [4.69, 9.17) is 0 Å². The van der Waals surface area contributed by atoms with E-state index in [1.54, 1.807) is 0 Å². The fraction of sp³-hybridized carbons (Fsp3) is 1.00. The van der Waals surface area contributed by atoms with Gasteiger partial charge in [-0.3, -0.25) is 4.90 Å². The Hall–Kier alpha value is -0.120. The van der Waals surface area contributed by atoms with Gasteiger partial charge in [0.05, 0.1) is 0 Å². The van der Waals surface area contributed by atoms with Crippen LogP contribution < -0.4 is 10.6 Å². The standard InChI is InChI=1S/C8H19N3/c1-8(9-2)7-11-5-3-10-4-6-11/h8-10H,3-7H2,1-2H3. The van der Waals surface area contributed by atoms with Crippen LogP contribution in [-0.4, -0.2) is 50.7 Å². The fourth-order valence-corrected chi connectivity index (χ4v) is 1.37. The van der Waals surface area contributed by atoms with Gasteiger partial charge in [-0.1, -0.05) is 0 Å². The van der Waals surface area contributed by atoms with Crippen LogP contribution in [0.25, 0.3) is 0 Å². The number of nitrogens with one attached hydrogen (secondary N) is 2. The molecule has 2 N–H and O–H groups in total.